The third-order valence-corrected chi connectivity index (χ3v) is 4.67. The molecule has 1 unspecified atom stereocenters. The van der Waals surface area contributed by atoms with Crippen LogP contribution in [0.3, 0.4) is 0 Å². The van der Waals surface area contributed by atoms with E-state index in [0.717, 1.165) is 0 Å². The molecule has 0 bridgehead atoms. The molecular weight excluding hydrogens is 380 g/mol. The summed E-state index contributed by atoms with van der Waals surface area (Å²) in [5.74, 6) is 0.682. The maximum absolute atomic E-state index is 12.7. The number of hydrogen-bond donors (Lipinski definition) is 2. The molecule has 1 heterocycles. The molecule has 2 aromatic carbocycles. The van der Waals surface area contributed by atoms with Gasteiger partial charge in [0.25, 0.3) is 5.91 Å². The van der Waals surface area contributed by atoms with Gasteiger partial charge in [-0.1, -0.05) is 37.6 Å². The van der Waals surface area contributed by atoms with Crippen LogP contribution in [0.5, 0.6) is 11.5 Å². The van der Waals surface area contributed by atoms with Gasteiger partial charge in [0.1, 0.15) is 18.8 Å². The Labute approximate surface area is 169 Å². The first kappa shape index (κ1) is 20.0. The Bertz CT molecular complexity index is 839. The highest BCUT2D eigenvalue weighted by Crippen LogP contribution is 2.30. The summed E-state index contributed by atoms with van der Waals surface area (Å²) in [6, 6.07) is 13.3. The average molecular weight is 403 g/mol. The van der Waals surface area contributed by atoms with Crippen molar-refractivity contribution in [3.8, 4) is 11.5 Å². The van der Waals surface area contributed by atoms with Crippen LogP contribution in [0.4, 0.5) is 0 Å². The van der Waals surface area contributed by atoms with E-state index in [9.17, 15) is 9.59 Å². The van der Waals surface area contributed by atoms with Gasteiger partial charge < -0.3 is 20.1 Å². The standard InChI is InChI=1S/C21H23ClN2O4/c1-13(2)19(24-20(25)14-7-9-15(22)10-8-14)21(26)23-11-16-12-27-17-5-3-4-6-18(17)28-16/h3-10,13,16,19H,11-12H2,1-2H3,(H,23,26)(H,24,25)/t16?,19-/m0/s1. The van der Waals surface area contributed by atoms with Crippen LogP contribution in [0.1, 0.15) is 24.2 Å². The number of carbonyl (C=O) groups excluding carboxylic acids is 2. The fourth-order valence-electron chi connectivity index (χ4n) is 2.85. The molecule has 2 aromatic rings. The summed E-state index contributed by atoms with van der Waals surface area (Å²) in [6.07, 6.45) is -0.293. The molecule has 0 saturated carbocycles. The van der Waals surface area contributed by atoms with E-state index in [-0.39, 0.29) is 30.4 Å². The first-order valence-corrected chi connectivity index (χ1v) is 9.54. The van der Waals surface area contributed by atoms with E-state index in [1.165, 1.54) is 0 Å². The topological polar surface area (TPSA) is 76.7 Å². The number of nitrogens with one attached hydrogen (secondary N) is 2. The predicted octanol–water partition coefficient (Wildman–Crippen LogP) is 3.05. The number of fused-ring (bicyclic) bond motifs is 1. The number of benzene rings is 2. The normalized spacial score (nSPS) is 16.4. The molecule has 0 spiro atoms. The zero-order valence-corrected chi connectivity index (χ0v) is 16.5. The number of rotatable bonds is 6. The first-order chi connectivity index (χ1) is 13.4. The van der Waals surface area contributed by atoms with E-state index in [0.29, 0.717) is 28.7 Å². The van der Waals surface area contributed by atoms with E-state index in [1.54, 1.807) is 24.3 Å². The smallest absolute Gasteiger partial charge is 0.251 e. The van der Waals surface area contributed by atoms with Gasteiger partial charge in [-0.15, -0.1) is 0 Å². The zero-order valence-electron chi connectivity index (χ0n) is 15.8. The molecule has 0 aromatic heterocycles. The van der Waals surface area contributed by atoms with Crippen molar-refractivity contribution in [1.29, 1.82) is 0 Å². The van der Waals surface area contributed by atoms with E-state index in [2.05, 4.69) is 10.6 Å². The summed E-state index contributed by atoms with van der Waals surface area (Å²) >= 11 is 5.85. The summed E-state index contributed by atoms with van der Waals surface area (Å²) in [5, 5.41) is 6.19. The molecule has 0 fully saturated rings. The zero-order chi connectivity index (χ0) is 20.1. The second-order valence-electron chi connectivity index (χ2n) is 6.94. The van der Waals surface area contributed by atoms with Crippen molar-refractivity contribution in [2.24, 2.45) is 5.92 Å². The Morgan fingerprint density at radius 2 is 1.79 bits per heavy atom. The number of halogens is 1. The molecule has 0 aliphatic carbocycles. The minimum atomic E-state index is -0.667. The van der Waals surface area contributed by atoms with Crippen LogP contribution >= 0.6 is 11.6 Å². The van der Waals surface area contributed by atoms with E-state index in [1.807, 2.05) is 38.1 Å². The summed E-state index contributed by atoms with van der Waals surface area (Å²) in [6.45, 7) is 4.39. The van der Waals surface area contributed by atoms with Crippen molar-refractivity contribution in [2.45, 2.75) is 26.0 Å². The van der Waals surface area contributed by atoms with E-state index in [4.69, 9.17) is 21.1 Å². The highest BCUT2D eigenvalue weighted by molar-refractivity contribution is 6.30. The maximum atomic E-state index is 12.7. The largest absolute Gasteiger partial charge is 0.486 e. The Kier molecular flexibility index (Phi) is 6.41. The molecule has 6 nitrogen and oxygen atoms in total. The van der Waals surface area contributed by atoms with Gasteiger partial charge in [-0.3, -0.25) is 9.59 Å². The summed E-state index contributed by atoms with van der Waals surface area (Å²) < 4.78 is 11.5. The molecule has 2 N–H and O–H groups in total. The van der Waals surface area contributed by atoms with Gasteiger partial charge in [0.2, 0.25) is 5.91 Å². The number of hydrogen-bond acceptors (Lipinski definition) is 4. The molecule has 7 heteroatoms. The van der Waals surface area contributed by atoms with Gasteiger partial charge in [-0.05, 0) is 42.3 Å². The van der Waals surface area contributed by atoms with Crippen LogP contribution in [0.15, 0.2) is 48.5 Å². The Morgan fingerprint density at radius 1 is 1.11 bits per heavy atom. The Morgan fingerprint density at radius 3 is 2.46 bits per heavy atom. The highest BCUT2D eigenvalue weighted by atomic mass is 35.5. The molecule has 2 amide bonds. The van der Waals surface area contributed by atoms with Crippen molar-refractivity contribution >= 4 is 23.4 Å². The third-order valence-electron chi connectivity index (χ3n) is 4.41. The van der Waals surface area contributed by atoms with Crippen LogP contribution in [0, 0.1) is 5.92 Å². The average Bonchev–Trinajstić information content (AvgIpc) is 2.70. The fourth-order valence-corrected chi connectivity index (χ4v) is 2.97. The van der Waals surface area contributed by atoms with E-state index < -0.39 is 6.04 Å². The molecule has 2 atom stereocenters. The van der Waals surface area contributed by atoms with Crippen LogP contribution < -0.4 is 20.1 Å². The van der Waals surface area contributed by atoms with Gasteiger partial charge in [0.05, 0.1) is 6.54 Å². The lowest BCUT2D eigenvalue weighted by Gasteiger charge is -2.28. The maximum Gasteiger partial charge on any atom is 0.251 e. The van der Waals surface area contributed by atoms with Crippen molar-refractivity contribution < 1.29 is 19.1 Å². The van der Waals surface area contributed by atoms with Crippen LogP contribution in [-0.2, 0) is 4.79 Å². The lowest BCUT2D eigenvalue weighted by Crippen LogP contribution is -2.52. The van der Waals surface area contributed by atoms with Gasteiger partial charge in [0, 0.05) is 10.6 Å². The first-order valence-electron chi connectivity index (χ1n) is 9.16. The Hall–Kier alpha value is -2.73. The molecule has 0 radical (unpaired) electrons. The second kappa shape index (κ2) is 8.97. The summed E-state index contributed by atoms with van der Waals surface area (Å²) in [4.78, 5) is 25.1. The lowest BCUT2D eigenvalue weighted by atomic mass is 10.0. The van der Waals surface area contributed by atoms with Crippen LogP contribution in [-0.4, -0.2) is 37.1 Å². The molecule has 3 rings (SSSR count). The van der Waals surface area contributed by atoms with Gasteiger partial charge in [0.15, 0.2) is 11.5 Å². The quantitative estimate of drug-likeness (QED) is 0.778. The van der Waals surface area contributed by atoms with Gasteiger partial charge in [-0.25, -0.2) is 0 Å². The van der Waals surface area contributed by atoms with Crippen molar-refractivity contribution in [3.63, 3.8) is 0 Å². The monoisotopic (exact) mass is 402 g/mol. The lowest BCUT2D eigenvalue weighted by molar-refractivity contribution is -0.124. The number of ether oxygens (including phenoxy) is 2. The number of carbonyl (C=O) groups is 2. The van der Waals surface area contributed by atoms with Crippen molar-refractivity contribution in [3.05, 3.63) is 59.1 Å². The molecule has 0 saturated heterocycles. The van der Waals surface area contributed by atoms with Crippen molar-refractivity contribution in [2.75, 3.05) is 13.2 Å². The van der Waals surface area contributed by atoms with Crippen LogP contribution in [0.25, 0.3) is 0 Å². The van der Waals surface area contributed by atoms with Crippen molar-refractivity contribution in [1.82, 2.24) is 10.6 Å². The van der Waals surface area contributed by atoms with Gasteiger partial charge in [-0.2, -0.15) is 0 Å². The number of amides is 2. The summed E-state index contributed by atoms with van der Waals surface area (Å²) in [7, 11) is 0. The molecule has 28 heavy (non-hydrogen) atoms. The van der Waals surface area contributed by atoms with Crippen LogP contribution in [0.2, 0.25) is 5.02 Å². The predicted molar refractivity (Wildman–Crippen MR) is 107 cm³/mol. The highest BCUT2D eigenvalue weighted by Gasteiger charge is 2.27. The Balaban J connectivity index is 1.56. The van der Waals surface area contributed by atoms with E-state index >= 15 is 0 Å². The SMILES string of the molecule is CC(C)[C@H](NC(=O)c1ccc(Cl)cc1)C(=O)NCC1COc2ccccc2O1. The molecular formula is C21H23ClN2O4. The molecule has 148 valence electrons. The third kappa shape index (κ3) is 4.95. The number of para-hydroxylation sites is 2. The summed E-state index contributed by atoms with van der Waals surface area (Å²) in [5.41, 5.74) is 0.448. The second-order valence-corrected chi connectivity index (χ2v) is 7.38. The fraction of sp³-hybridized carbons (Fsp3) is 0.333. The molecule has 1 aliphatic heterocycles. The molecule has 1 aliphatic rings. The minimum Gasteiger partial charge on any atom is -0.486 e. The van der Waals surface area contributed by atoms with Gasteiger partial charge >= 0.3 is 0 Å². The minimum absolute atomic E-state index is 0.0829.